The number of ether oxygens (including phenoxy) is 2. The smallest absolute Gasteiger partial charge is 0.336 e. The molecular weight excluding hydrogens is 438 g/mol. The summed E-state index contributed by atoms with van der Waals surface area (Å²) in [5.74, 6) is -0.123. The molecule has 0 spiro atoms. The number of methoxy groups -OCH3 is 1. The lowest BCUT2D eigenvalue weighted by atomic mass is 9.71. The summed E-state index contributed by atoms with van der Waals surface area (Å²) >= 11 is 6.57. The van der Waals surface area contributed by atoms with Gasteiger partial charge in [0.05, 0.1) is 19.3 Å². The molecule has 1 N–H and O–H groups in total. The highest BCUT2D eigenvalue weighted by molar-refractivity contribution is 6.31. The number of ketones is 1. The predicted octanol–water partition coefficient (Wildman–Crippen LogP) is 5.66. The van der Waals surface area contributed by atoms with Crippen LogP contribution in [-0.4, -0.2) is 25.5 Å². The minimum Gasteiger partial charge on any atom is -0.497 e. The molecule has 0 aromatic heterocycles. The van der Waals surface area contributed by atoms with Gasteiger partial charge in [-0.05, 0) is 55.0 Å². The third-order valence-corrected chi connectivity index (χ3v) is 6.63. The van der Waals surface area contributed by atoms with E-state index in [-0.39, 0.29) is 11.7 Å². The molecular formula is C27H28ClNO4. The van der Waals surface area contributed by atoms with Gasteiger partial charge in [-0.2, -0.15) is 0 Å². The van der Waals surface area contributed by atoms with Crippen molar-refractivity contribution in [2.45, 2.75) is 44.9 Å². The molecule has 172 valence electrons. The van der Waals surface area contributed by atoms with Crippen LogP contribution in [0.3, 0.4) is 0 Å². The summed E-state index contributed by atoms with van der Waals surface area (Å²) in [7, 11) is 1.63. The van der Waals surface area contributed by atoms with Crippen LogP contribution in [0.1, 0.15) is 56.1 Å². The molecule has 5 nitrogen and oxygen atoms in total. The minimum atomic E-state index is -0.552. The first-order chi connectivity index (χ1) is 15.9. The van der Waals surface area contributed by atoms with Crippen LogP contribution >= 0.6 is 11.6 Å². The highest BCUT2D eigenvalue weighted by Crippen LogP contribution is 2.47. The number of Topliss-reactive ketones (excluding diaryl/α,β-unsaturated/α-hetero) is 1. The van der Waals surface area contributed by atoms with Crippen LogP contribution in [0.15, 0.2) is 71.1 Å². The maximum Gasteiger partial charge on any atom is 0.336 e. The maximum atomic E-state index is 13.6. The van der Waals surface area contributed by atoms with Crippen molar-refractivity contribution in [3.8, 4) is 5.75 Å². The summed E-state index contributed by atoms with van der Waals surface area (Å²) in [6.45, 7) is 4.13. The molecule has 0 amide bonds. The van der Waals surface area contributed by atoms with Crippen molar-refractivity contribution in [3.63, 3.8) is 0 Å². The van der Waals surface area contributed by atoms with Gasteiger partial charge in [0.2, 0.25) is 0 Å². The second kappa shape index (κ2) is 9.84. The van der Waals surface area contributed by atoms with E-state index in [1.54, 1.807) is 13.2 Å². The second-order valence-corrected chi connectivity index (χ2v) is 8.86. The standard InChI is InChI=1S/C27H28ClNO4/c1-4-13-33-27(31)24-16(2)29-22-14-18(17-9-11-19(32-3)12-10-17)15-23(30)26(22)25(24)20-7-5-6-8-21(20)28/h5-12,18,25,29H,4,13-15H2,1-3H3. The van der Waals surface area contributed by atoms with Crippen LogP contribution in [0.25, 0.3) is 0 Å². The van der Waals surface area contributed by atoms with E-state index < -0.39 is 11.9 Å². The lowest BCUT2D eigenvalue weighted by Crippen LogP contribution is -2.36. The zero-order valence-corrected chi connectivity index (χ0v) is 19.9. The first-order valence-corrected chi connectivity index (χ1v) is 11.6. The van der Waals surface area contributed by atoms with Crippen molar-refractivity contribution < 1.29 is 19.1 Å². The third kappa shape index (κ3) is 4.55. The van der Waals surface area contributed by atoms with Crippen LogP contribution in [-0.2, 0) is 14.3 Å². The molecule has 2 atom stereocenters. The molecule has 1 aliphatic heterocycles. The molecule has 0 saturated heterocycles. The lowest BCUT2D eigenvalue weighted by Gasteiger charge is -2.37. The Morgan fingerprint density at radius 2 is 1.85 bits per heavy atom. The molecule has 1 heterocycles. The first-order valence-electron chi connectivity index (χ1n) is 11.2. The number of dihydropyridines is 1. The van der Waals surface area contributed by atoms with Crippen LogP contribution in [0.2, 0.25) is 5.02 Å². The Balaban J connectivity index is 1.76. The fourth-order valence-corrected chi connectivity index (χ4v) is 4.96. The number of esters is 1. The van der Waals surface area contributed by atoms with E-state index in [0.29, 0.717) is 41.3 Å². The molecule has 2 aromatic rings. The van der Waals surface area contributed by atoms with Crippen molar-refractivity contribution in [3.05, 3.63) is 87.2 Å². The SMILES string of the molecule is CCCOC(=O)C1=C(C)NC2=C(C(=O)CC(c3ccc(OC)cc3)C2)C1c1ccccc1Cl. The van der Waals surface area contributed by atoms with Crippen molar-refractivity contribution in [1.82, 2.24) is 5.32 Å². The molecule has 2 unspecified atom stereocenters. The summed E-state index contributed by atoms with van der Waals surface area (Å²) < 4.78 is 10.8. The Kier molecular flexibility index (Phi) is 6.89. The molecule has 0 radical (unpaired) electrons. The van der Waals surface area contributed by atoms with Crippen LogP contribution in [0.4, 0.5) is 0 Å². The van der Waals surface area contributed by atoms with Crippen LogP contribution in [0, 0.1) is 0 Å². The molecule has 33 heavy (non-hydrogen) atoms. The molecule has 2 aromatic carbocycles. The predicted molar refractivity (Wildman–Crippen MR) is 128 cm³/mol. The number of benzene rings is 2. The van der Waals surface area contributed by atoms with Gasteiger partial charge < -0.3 is 14.8 Å². The van der Waals surface area contributed by atoms with E-state index in [2.05, 4.69) is 5.32 Å². The number of carbonyl (C=O) groups is 2. The van der Waals surface area contributed by atoms with Gasteiger partial charge in [-0.15, -0.1) is 0 Å². The summed E-state index contributed by atoms with van der Waals surface area (Å²) in [5, 5.41) is 3.89. The van der Waals surface area contributed by atoms with Crippen molar-refractivity contribution >= 4 is 23.4 Å². The largest absolute Gasteiger partial charge is 0.497 e. The minimum absolute atomic E-state index is 0.0165. The Bertz CT molecular complexity index is 1130. The average molecular weight is 466 g/mol. The summed E-state index contributed by atoms with van der Waals surface area (Å²) in [6.07, 6.45) is 1.76. The molecule has 0 fully saturated rings. The van der Waals surface area contributed by atoms with E-state index in [0.717, 1.165) is 29.0 Å². The average Bonchev–Trinajstić information content (AvgIpc) is 2.82. The van der Waals surface area contributed by atoms with E-state index in [1.807, 2.05) is 56.3 Å². The van der Waals surface area contributed by atoms with E-state index >= 15 is 0 Å². The Morgan fingerprint density at radius 3 is 2.52 bits per heavy atom. The van der Waals surface area contributed by atoms with E-state index in [4.69, 9.17) is 21.1 Å². The summed E-state index contributed by atoms with van der Waals surface area (Å²) in [4.78, 5) is 26.7. The molecule has 0 bridgehead atoms. The van der Waals surface area contributed by atoms with E-state index in [9.17, 15) is 9.59 Å². The molecule has 4 rings (SSSR count). The summed E-state index contributed by atoms with van der Waals surface area (Å²) in [6, 6.07) is 15.2. The number of allylic oxidation sites excluding steroid dienone is 3. The van der Waals surface area contributed by atoms with Gasteiger partial charge in [0.25, 0.3) is 0 Å². The monoisotopic (exact) mass is 465 g/mol. The van der Waals surface area contributed by atoms with Crippen molar-refractivity contribution in [2.75, 3.05) is 13.7 Å². The third-order valence-electron chi connectivity index (χ3n) is 6.29. The fraction of sp³-hybridized carbons (Fsp3) is 0.333. The Morgan fingerprint density at radius 1 is 1.12 bits per heavy atom. The van der Waals surface area contributed by atoms with Crippen LogP contribution in [0.5, 0.6) is 5.75 Å². The quantitative estimate of drug-likeness (QED) is 0.557. The van der Waals surface area contributed by atoms with Gasteiger partial charge >= 0.3 is 5.97 Å². The molecule has 0 saturated carbocycles. The van der Waals surface area contributed by atoms with Gasteiger partial charge in [-0.1, -0.05) is 48.9 Å². The van der Waals surface area contributed by atoms with Crippen molar-refractivity contribution in [1.29, 1.82) is 0 Å². The lowest BCUT2D eigenvalue weighted by molar-refractivity contribution is -0.139. The molecule has 6 heteroatoms. The van der Waals surface area contributed by atoms with Gasteiger partial charge in [0.1, 0.15) is 5.75 Å². The summed E-state index contributed by atoms with van der Waals surface area (Å²) in [5.41, 5.74) is 4.44. The molecule has 1 aliphatic carbocycles. The van der Waals surface area contributed by atoms with Crippen LogP contribution < -0.4 is 10.1 Å². The normalized spacial score (nSPS) is 20.3. The van der Waals surface area contributed by atoms with Gasteiger partial charge in [-0.3, -0.25) is 4.79 Å². The highest BCUT2D eigenvalue weighted by atomic mass is 35.5. The Hall–Kier alpha value is -3.05. The zero-order valence-electron chi connectivity index (χ0n) is 19.1. The van der Waals surface area contributed by atoms with Gasteiger partial charge in [-0.25, -0.2) is 4.79 Å². The zero-order chi connectivity index (χ0) is 23.5. The fourth-order valence-electron chi connectivity index (χ4n) is 4.71. The van der Waals surface area contributed by atoms with Gasteiger partial charge in [0.15, 0.2) is 5.78 Å². The number of hydrogen-bond donors (Lipinski definition) is 1. The van der Waals surface area contributed by atoms with E-state index in [1.165, 1.54) is 0 Å². The number of hydrogen-bond acceptors (Lipinski definition) is 5. The van der Waals surface area contributed by atoms with Crippen molar-refractivity contribution in [2.24, 2.45) is 0 Å². The molecule has 2 aliphatic rings. The number of carbonyl (C=O) groups excluding carboxylic acids is 2. The highest BCUT2D eigenvalue weighted by Gasteiger charge is 2.42. The van der Waals surface area contributed by atoms with Gasteiger partial charge in [0, 0.05) is 34.3 Å². The number of halogens is 1. The Labute approximate surface area is 199 Å². The second-order valence-electron chi connectivity index (χ2n) is 8.45. The first kappa shape index (κ1) is 23.1. The number of nitrogens with one attached hydrogen (secondary N) is 1. The topological polar surface area (TPSA) is 64.6 Å². The maximum absolute atomic E-state index is 13.6. The number of rotatable bonds is 6.